The Balaban J connectivity index is 3.70. The van der Waals surface area contributed by atoms with Crippen molar-refractivity contribution in [2.45, 2.75) is 237 Å². The third-order valence-electron chi connectivity index (χ3n) is 9.57. The molecule has 0 saturated carbocycles. The van der Waals surface area contributed by atoms with Crippen molar-refractivity contribution in [3.05, 3.63) is 0 Å². The van der Waals surface area contributed by atoms with Gasteiger partial charge in [0.05, 0.1) is 18.8 Å². The predicted octanol–water partition coefficient (Wildman–Crippen LogP) is 9.68. The first-order valence-electron chi connectivity index (χ1n) is 19.9. The molecule has 5 N–H and O–H groups in total. The fourth-order valence-corrected chi connectivity index (χ4v) is 6.34. The summed E-state index contributed by atoms with van der Waals surface area (Å²) in [6.07, 6.45) is 34.2. The third-order valence-corrected chi connectivity index (χ3v) is 9.57. The summed E-state index contributed by atoms with van der Waals surface area (Å²) < 4.78 is 0. The minimum atomic E-state index is -1.25. The molecular formula is C39H79NO5. The summed E-state index contributed by atoms with van der Waals surface area (Å²) in [6, 6.07) is -0.977. The highest BCUT2D eigenvalue weighted by Gasteiger charge is 2.28. The van der Waals surface area contributed by atoms with Gasteiger partial charge in [-0.3, -0.25) is 4.79 Å². The van der Waals surface area contributed by atoms with Gasteiger partial charge in [-0.25, -0.2) is 0 Å². The normalized spacial score (nSPS) is 14.4. The summed E-state index contributed by atoms with van der Waals surface area (Å²) in [7, 11) is 0. The van der Waals surface area contributed by atoms with Crippen LogP contribution in [-0.4, -0.2) is 57.3 Å². The van der Waals surface area contributed by atoms with Crippen molar-refractivity contribution >= 4 is 5.91 Å². The Morgan fingerprint density at radius 1 is 0.467 bits per heavy atom. The van der Waals surface area contributed by atoms with Gasteiger partial charge in [-0.05, 0) is 12.8 Å². The molecule has 0 bridgehead atoms. The number of nitrogens with one attached hydrogen (secondary N) is 1. The standard InChI is InChI=1S/C39H79NO5/c1-3-5-7-9-11-13-15-16-17-18-19-20-21-22-23-25-27-29-31-33-37(43)39(45)40-35(34-41)38(44)36(42)32-30-28-26-24-14-12-10-8-6-4-2/h35-38,41-44H,3-34H2,1-2H3,(H,40,45). The van der Waals surface area contributed by atoms with E-state index in [1.807, 2.05) is 0 Å². The Labute approximate surface area is 279 Å². The third kappa shape index (κ3) is 29.2. The number of unbranched alkanes of at least 4 members (excludes halogenated alkanes) is 27. The van der Waals surface area contributed by atoms with Crippen LogP contribution in [0.3, 0.4) is 0 Å². The number of rotatable bonds is 36. The van der Waals surface area contributed by atoms with Crippen LogP contribution in [0.4, 0.5) is 0 Å². The topological polar surface area (TPSA) is 110 Å². The second-order valence-electron chi connectivity index (χ2n) is 14.0. The van der Waals surface area contributed by atoms with E-state index >= 15 is 0 Å². The Kier molecular flexibility index (Phi) is 34.1. The molecule has 0 saturated heterocycles. The summed E-state index contributed by atoms with van der Waals surface area (Å²) in [5, 5.41) is 43.4. The highest BCUT2D eigenvalue weighted by molar-refractivity contribution is 5.80. The van der Waals surface area contributed by atoms with Crippen molar-refractivity contribution in [3.8, 4) is 0 Å². The summed E-state index contributed by atoms with van der Waals surface area (Å²) in [4.78, 5) is 12.4. The first-order valence-corrected chi connectivity index (χ1v) is 19.9. The van der Waals surface area contributed by atoms with Gasteiger partial charge >= 0.3 is 0 Å². The van der Waals surface area contributed by atoms with Crippen LogP contribution in [-0.2, 0) is 4.79 Å². The van der Waals surface area contributed by atoms with E-state index in [9.17, 15) is 25.2 Å². The van der Waals surface area contributed by atoms with Crippen molar-refractivity contribution in [2.75, 3.05) is 6.61 Å². The first-order chi connectivity index (χ1) is 22.0. The number of hydrogen-bond acceptors (Lipinski definition) is 5. The lowest BCUT2D eigenvalue weighted by Gasteiger charge is -2.27. The van der Waals surface area contributed by atoms with Crippen LogP contribution in [0.15, 0.2) is 0 Å². The second-order valence-corrected chi connectivity index (χ2v) is 14.0. The zero-order valence-corrected chi connectivity index (χ0v) is 30.1. The smallest absolute Gasteiger partial charge is 0.249 e. The largest absolute Gasteiger partial charge is 0.394 e. The van der Waals surface area contributed by atoms with E-state index in [2.05, 4.69) is 19.2 Å². The first kappa shape index (κ1) is 44.3. The lowest BCUT2D eigenvalue weighted by molar-refractivity contribution is -0.132. The Hall–Kier alpha value is -0.690. The molecule has 0 aromatic heterocycles. The number of carbonyl (C=O) groups excluding carboxylic acids is 1. The second kappa shape index (κ2) is 34.6. The molecule has 0 aromatic carbocycles. The van der Waals surface area contributed by atoms with Crippen molar-refractivity contribution < 1.29 is 25.2 Å². The number of hydrogen-bond donors (Lipinski definition) is 5. The fraction of sp³-hybridized carbons (Fsp3) is 0.974. The molecule has 45 heavy (non-hydrogen) atoms. The van der Waals surface area contributed by atoms with E-state index in [0.29, 0.717) is 12.8 Å². The number of aliphatic hydroxyl groups excluding tert-OH is 4. The minimum absolute atomic E-state index is 0.375. The highest BCUT2D eigenvalue weighted by Crippen LogP contribution is 2.16. The zero-order chi connectivity index (χ0) is 33.2. The zero-order valence-electron chi connectivity index (χ0n) is 30.1. The van der Waals surface area contributed by atoms with Crippen LogP contribution in [0.25, 0.3) is 0 Å². The lowest BCUT2D eigenvalue weighted by Crippen LogP contribution is -2.53. The van der Waals surface area contributed by atoms with E-state index in [1.165, 1.54) is 148 Å². The maximum atomic E-state index is 12.4. The number of aliphatic hydroxyl groups is 4. The number of carbonyl (C=O) groups is 1. The van der Waals surface area contributed by atoms with Crippen molar-refractivity contribution in [1.29, 1.82) is 0 Å². The van der Waals surface area contributed by atoms with Crippen LogP contribution in [0.1, 0.15) is 213 Å². The molecule has 0 fully saturated rings. The maximum Gasteiger partial charge on any atom is 0.249 e. The average molecular weight is 642 g/mol. The van der Waals surface area contributed by atoms with E-state index in [1.54, 1.807) is 0 Å². The monoisotopic (exact) mass is 642 g/mol. The van der Waals surface area contributed by atoms with E-state index in [-0.39, 0.29) is 0 Å². The molecule has 1 amide bonds. The molecule has 0 heterocycles. The molecule has 6 nitrogen and oxygen atoms in total. The van der Waals surface area contributed by atoms with Gasteiger partial charge in [0.2, 0.25) is 5.91 Å². The molecule has 0 spiro atoms. The van der Waals surface area contributed by atoms with E-state index in [4.69, 9.17) is 0 Å². The Morgan fingerprint density at radius 2 is 0.756 bits per heavy atom. The molecule has 0 aliphatic rings. The fourth-order valence-electron chi connectivity index (χ4n) is 6.34. The van der Waals surface area contributed by atoms with Gasteiger partial charge in [0, 0.05) is 0 Å². The molecule has 0 radical (unpaired) electrons. The SMILES string of the molecule is CCCCCCCCCCCCCCCCCCCCCC(O)C(=O)NC(CO)C(O)C(O)CCCCCCCCCCCC. The lowest BCUT2D eigenvalue weighted by atomic mass is 9.99. The Bertz CT molecular complexity index is 604. The van der Waals surface area contributed by atoms with E-state index < -0.39 is 36.9 Å². The molecule has 270 valence electrons. The molecule has 4 unspecified atom stereocenters. The molecule has 0 rings (SSSR count). The quantitative estimate of drug-likeness (QED) is 0.0438. The van der Waals surface area contributed by atoms with Crippen molar-refractivity contribution in [2.24, 2.45) is 0 Å². The van der Waals surface area contributed by atoms with Crippen LogP contribution in [0.2, 0.25) is 0 Å². The summed E-state index contributed by atoms with van der Waals surface area (Å²) in [5.41, 5.74) is 0. The molecule has 0 aliphatic carbocycles. The molecule has 0 aromatic rings. The highest BCUT2D eigenvalue weighted by atomic mass is 16.3. The van der Waals surface area contributed by atoms with Crippen molar-refractivity contribution in [1.82, 2.24) is 5.32 Å². The summed E-state index contributed by atoms with van der Waals surface area (Å²) in [5.74, 6) is -0.582. The summed E-state index contributed by atoms with van der Waals surface area (Å²) in [6.45, 7) is 4.03. The average Bonchev–Trinajstić information content (AvgIpc) is 3.04. The molecule has 6 heteroatoms. The molecule has 0 aliphatic heterocycles. The van der Waals surface area contributed by atoms with Crippen LogP contribution in [0, 0.1) is 0 Å². The van der Waals surface area contributed by atoms with Gasteiger partial charge in [-0.1, -0.05) is 200 Å². The minimum Gasteiger partial charge on any atom is -0.394 e. The van der Waals surface area contributed by atoms with Crippen LogP contribution in [0.5, 0.6) is 0 Å². The van der Waals surface area contributed by atoms with Gasteiger partial charge in [0.1, 0.15) is 12.2 Å². The van der Waals surface area contributed by atoms with E-state index in [0.717, 1.165) is 38.5 Å². The van der Waals surface area contributed by atoms with Gasteiger partial charge < -0.3 is 25.7 Å². The van der Waals surface area contributed by atoms with Crippen LogP contribution < -0.4 is 5.32 Å². The predicted molar refractivity (Wildman–Crippen MR) is 192 cm³/mol. The maximum absolute atomic E-state index is 12.4. The van der Waals surface area contributed by atoms with Crippen molar-refractivity contribution in [3.63, 3.8) is 0 Å². The van der Waals surface area contributed by atoms with Gasteiger partial charge in [-0.15, -0.1) is 0 Å². The number of amides is 1. The van der Waals surface area contributed by atoms with Crippen LogP contribution >= 0.6 is 0 Å². The van der Waals surface area contributed by atoms with Gasteiger partial charge in [-0.2, -0.15) is 0 Å². The summed E-state index contributed by atoms with van der Waals surface area (Å²) >= 11 is 0. The van der Waals surface area contributed by atoms with Gasteiger partial charge in [0.25, 0.3) is 0 Å². The molecule has 4 atom stereocenters. The van der Waals surface area contributed by atoms with Gasteiger partial charge in [0.15, 0.2) is 0 Å². The Morgan fingerprint density at radius 3 is 1.07 bits per heavy atom. The molecular weight excluding hydrogens is 562 g/mol.